The second kappa shape index (κ2) is 5.90. The second-order valence-corrected chi connectivity index (χ2v) is 7.53. The number of morpholine rings is 1. The summed E-state index contributed by atoms with van der Waals surface area (Å²) in [5.41, 5.74) is 0. The normalized spacial score (nSPS) is 23.3. The van der Waals surface area contributed by atoms with Crippen molar-refractivity contribution in [3.63, 3.8) is 0 Å². The third-order valence-corrected chi connectivity index (χ3v) is 5.36. The molecule has 0 aromatic carbocycles. The van der Waals surface area contributed by atoms with Crippen molar-refractivity contribution in [1.82, 2.24) is 9.71 Å². The maximum absolute atomic E-state index is 12.1. The number of nitrogens with one attached hydrogen (secondary N) is 1. The molecule has 7 heteroatoms. The lowest BCUT2D eigenvalue weighted by Crippen LogP contribution is -2.44. The molecule has 116 valence electrons. The van der Waals surface area contributed by atoms with E-state index in [9.17, 15) is 8.42 Å². The van der Waals surface area contributed by atoms with Gasteiger partial charge in [0.05, 0.1) is 19.3 Å². The van der Waals surface area contributed by atoms with Crippen molar-refractivity contribution in [2.45, 2.75) is 30.7 Å². The molecule has 6 nitrogen and oxygen atoms in total. The summed E-state index contributed by atoms with van der Waals surface area (Å²) in [5.74, 6) is 1.31. The van der Waals surface area contributed by atoms with Crippen LogP contribution >= 0.6 is 0 Å². The van der Waals surface area contributed by atoms with Crippen LogP contribution in [0.3, 0.4) is 0 Å². The molecule has 1 aromatic heterocycles. The van der Waals surface area contributed by atoms with Crippen molar-refractivity contribution in [3.05, 3.63) is 18.3 Å². The van der Waals surface area contributed by atoms with Gasteiger partial charge in [-0.3, -0.25) is 0 Å². The Kier molecular flexibility index (Phi) is 4.14. The zero-order valence-corrected chi connectivity index (χ0v) is 13.0. The highest BCUT2D eigenvalue weighted by Gasteiger charge is 2.25. The molecule has 3 rings (SSSR count). The number of ether oxygens (including phenoxy) is 1. The van der Waals surface area contributed by atoms with Crippen LogP contribution in [0.2, 0.25) is 0 Å². The fourth-order valence-electron chi connectivity index (χ4n) is 2.40. The van der Waals surface area contributed by atoms with Crippen LogP contribution < -0.4 is 9.62 Å². The van der Waals surface area contributed by atoms with Gasteiger partial charge in [-0.15, -0.1) is 0 Å². The van der Waals surface area contributed by atoms with Crippen molar-refractivity contribution in [2.24, 2.45) is 5.92 Å². The Hall–Kier alpha value is -1.18. The van der Waals surface area contributed by atoms with E-state index in [1.807, 2.05) is 0 Å². The Bertz CT molecular complexity index is 584. The predicted octanol–water partition coefficient (Wildman–Crippen LogP) is 0.995. The SMILES string of the molecule is CC1COCCN1c1ccc(S(=O)(=O)NCC2CC2)cn1. The molecule has 1 aromatic rings. The van der Waals surface area contributed by atoms with Crippen LogP contribution in [0.1, 0.15) is 19.8 Å². The molecule has 2 fully saturated rings. The van der Waals surface area contributed by atoms with Crippen LogP contribution in [0, 0.1) is 5.92 Å². The van der Waals surface area contributed by atoms with Crippen LogP contribution in [-0.2, 0) is 14.8 Å². The number of anilines is 1. The number of aromatic nitrogens is 1. The van der Waals surface area contributed by atoms with Gasteiger partial charge in [0.15, 0.2) is 0 Å². The Balaban J connectivity index is 1.70. The molecule has 1 aliphatic heterocycles. The number of pyridine rings is 1. The molecule has 1 unspecified atom stereocenters. The van der Waals surface area contributed by atoms with Gasteiger partial charge in [0.2, 0.25) is 10.0 Å². The fraction of sp³-hybridized carbons (Fsp3) is 0.643. The average Bonchev–Trinajstić information content (AvgIpc) is 3.30. The largest absolute Gasteiger partial charge is 0.377 e. The molecular weight excluding hydrogens is 290 g/mol. The zero-order valence-electron chi connectivity index (χ0n) is 12.2. The molecule has 1 atom stereocenters. The van der Waals surface area contributed by atoms with Gasteiger partial charge >= 0.3 is 0 Å². The quantitative estimate of drug-likeness (QED) is 0.878. The summed E-state index contributed by atoms with van der Waals surface area (Å²) in [6.45, 7) is 4.73. The molecule has 1 aliphatic carbocycles. The zero-order chi connectivity index (χ0) is 14.9. The first-order chi connectivity index (χ1) is 10.1. The number of rotatable bonds is 5. The third-order valence-electron chi connectivity index (χ3n) is 3.95. The average molecular weight is 311 g/mol. The monoisotopic (exact) mass is 311 g/mol. The van der Waals surface area contributed by atoms with E-state index in [2.05, 4.69) is 21.5 Å². The molecule has 0 bridgehead atoms. The van der Waals surface area contributed by atoms with Crippen molar-refractivity contribution in [2.75, 3.05) is 31.2 Å². The lowest BCUT2D eigenvalue weighted by atomic mass is 10.2. The first-order valence-corrected chi connectivity index (χ1v) is 8.85. The van der Waals surface area contributed by atoms with E-state index >= 15 is 0 Å². The molecule has 1 saturated heterocycles. The topological polar surface area (TPSA) is 71.5 Å². The predicted molar refractivity (Wildman–Crippen MR) is 79.8 cm³/mol. The highest BCUT2D eigenvalue weighted by molar-refractivity contribution is 7.89. The van der Waals surface area contributed by atoms with Crippen molar-refractivity contribution in [1.29, 1.82) is 0 Å². The lowest BCUT2D eigenvalue weighted by molar-refractivity contribution is 0.0985. The summed E-state index contributed by atoms with van der Waals surface area (Å²) >= 11 is 0. The summed E-state index contributed by atoms with van der Waals surface area (Å²) in [7, 11) is -3.43. The van der Waals surface area contributed by atoms with Crippen LogP contribution in [0.15, 0.2) is 23.2 Å². The lowest BCUT2D eigenvalue weighted by Gasteiger charge is -2.34. The highest BCUT2D eigenvalue weighted by atomic mass is 32.2. The molecule has 1 N–H and O–H groups in total. The maximum Gasteiger partial charge on any atom is 0.242 e. The number of hydrogen-bond acceptors (Lipinski definition) is 5. The Morgan fingerprint density at radius 1 is 1.43 bits per heavy atom. The van der Waals surface area contributed by atoms with E-state index in [0.717, 1.165) is 25.2 Å². The van der Waals surface area contributed by atoms with E-state index in [4.69, 9.17) is 4.74 Å². The summed E-state index contributed by atoms with van der Waals surface area (Å²) < 4.78 is 32.3. The Labute approximate surface area is 125 Å². The van der Waals surface area contributed by atoms with Gasteiger partial charge in [-0.05, 0) is 37.8 Å². The number of hydrogen-bond donors (Lipinski definition) is 1. The molecule has 2 aliphatic rings. The number of nitrogens with zero attached hydrogens (tertiary/aromatic N) is 2. The third kappa shape index (κ3) is 3.53. The number of sulfonamides is 1. The first kappa shape index (κ1) is 14.7. The minimum absolute atomic E-state index is 0.229. The Morgan fingerprint density at radius 2 is 2.24 bits per heavy atom. The molecule has 0 spiro atoms. The minimum Gasteiger partial charge on any atom is -0.377 e. The van der Waals surface area contributed by atoms with Crippen molar-refractivity contribution in [3.8, 4) is 0 Å². The molecular formula is C14H21N3O3S. The van der Waals surface area contributed by atoms with Gasteiger partial charge in [-0.2, -0.15) is 0 Å². The maximum atomic E-state index is 12.1. The smallest absolute Gasteiger partial charge is 0.242 e. The minimum atomic E-state index is -3.43. The van der Waals surface area contributed by atoms with Crippen LogP contribution in [-0.4, -0.2) is 45.7 Å². The van der Waals surface area contributed by atoms with Gasteiger partial charge in [0.1, 0.15) is 10.7 Å². The van der Waals surface area contributed by atoms with Crippen LogP contribution in [0.4, 0.5) is 5.82 Å². The van der Waals surface area contributed by atoms with Gasteiger partial charge in [0, 0.05) is 19.3 Å². The van der Waals surface area contributed by atoms with Crippen molar-refractivity contribution < 1.29 is 13.2 Å². The van der Waals surface area contributed by atoms with Gasteiger partial charge in [-0.1, -0.05) is 0 Å². The summed E-state index contributed by atoms with van der Waals surface area (Å²) in [6.07, 6.45) is 3.68. The van der Waals surface area contributed by atoms with Crippen LogP contribution in [0.25, 0.3) is 0 Å². The first-order valence-electron chi connectivity index (χ1n) is 7.36. The van der Waals surface area contributed by atoms with E-state index < -0.39 is 10.0 Å². The van der Waals surface area contributed by atoms with E-state index in [0.29, 0.717) is 25.7 Å². The van der Waals surface area contributed by atoms with E-state index in [-0.39, 0.29) is 10.9 Å². The van der Waals surface area contributed by atoms with Gasteiger partial charge in [-0.25, -0.2) is 18.1 Å². The van der Waals surface area contributed by atoms with Gasteiger partial charge in [0.25, 0.3) is 0 Å². The van der Waals surface area contributed by atoms with E-state index in [1.54, 1.807) is 12.1 Å². The summed E-state index contributed by atoms with van der Waals surface area (Å²) in [4.78, 5) is 6.68. The standard InChI is InChI=1S/C14H21N3O3S/c1-11-10-20-7-6-17(11)14-5-4-13(9-15-14)21(18,19)16-8-12-2-3-12/h4-5,9,11-12,16H,2-3,6-8,10H2,1H3. The molecule has 2 heterocycles. The second-order valence-electron chi connectivity index (χ2n) is 5.76. The summed E-state index contributed by atoms with van der Waals surface area (Å²) in [6, 6.07) is 3.65. The van der Waals surface area contributed by atoms with E-state index in [1.165, 1.54) is 6.20 Å². The highest BCUT2D eigenvalue weighted by Crippen LogP contribution is 2.28. The molecule has 0 radical (unpaired) electrons. The fourth-order valence-corrected chi connectivity index (χ4v) is 3.46. The molecule has 21 heavy (non-hydrogen) atoms. The summed E-state index contributed by atoms with van der Waals surface area (Å²) in [5, 5.41) is 0. The van der Waals surface area contributed by atoms with Gasteiger partial charge < -0.3 is 9.64 Å². The molecule has 0 amide bonds. The van der Waals surface area contributed by atoms with Crippen LogP contribution in [0.5, 0.6) is 0 Å². The molecule has 1 saturated carbocycles. The Morgan fingerprint density at radius 3 is 2.86 bits per heavy atom. The van der Waals surface area contributed by atoms with Crippen molar-refractivity contribution >= 4 is 15.8 Å².